The number of nitrogens with one attached hydrogen (secondary N) is 1. The molecule has 1 unspecified atom stereocenters. The van der Waals surface area contributed by atoms with Crippen LogP contribution in [0.15, 0.2) is 0 Å². The highest BCUT2D eigenvalue weighted by molar-refractivity contribution is 7.80. The maximum Gasteiger partial charge on any atom is 0.300 e. The molecule has 0 aromatic rings. The lowest BCUT2D eigenvalue weighted by Gasteiger charge is -2.07. The van der Waals surface area contributed by atoms with Crippen LogP contribution in [0.5, 0.6) is 0 Å². The molecule has 0 heterocycles. The number of nitrogens with two attached hydrogens (primary N) is 2. The Morgan fingerprint density at radius 1 is 1.53 bits per heavy atom. The zero-order chi connectivity index (χ0) is 11.8. The number of carbonyl (C=O) groups is 2. The molecule has 0 aliphatic carbocycles. The number of thiocarbonyl (C=S) groups is 1. The van der Waals surface area contributed by atoms with Gasteiger partial charge in [-0.2, -0.15) is 0 Å². The van der Waals surface area contributed by atoms with Gasteiger partial charge in [0, 0.05) is 12.3 Å². The van der Waals surface area contributed by atoms with Gasteiger partial charge in [0.1, 0.15) is 11.0 Å². The molecule has 0 aliphatic rings. The van der Waals surface area contributed by atoms with Crippen molar-refractivity contribution in [2.24, 2.45) is 11.5 Å². The molecule has 0 aliphatic heterocycles. The highest BCUT2D eigenvalue weighted by Gasteiger charge is 2.16. The largest absolute Gasteiger partial charge is 0.368 e. The van der Waals surface area contributed by atoms with Gasteiger partial charge in [0.2, 0.25) is 5.91 Å². The molecule has 0 bridgehead atoms. The molecule has 0 rings (SSSR count). The van der Waals surface area contributed by atoms with Crippen LogP contribution in [0.2, 0.25) is 0 Å². The lowest BCUT2D eigenvalue weighted by atomic mass is 10.3. The van der Waals surface area contributed by atoms with Crippen molar-refractivity contribution in [1.82, 2.24) is 5.32 Å². The first-order valence-corrected chi connectivity index (χ1v) is 4.88. The molecular formula is C8H10ClN3O2S. The van der Waals surface area contributed by atoms with Gasteiger partial charge in [0.05, 0.1) is 0 Å². The average Bonchev–Trinajstić information content (AvgIpc) is 2.16. The summed E-state index contributed by atoms with van der Waals surface area (Å²) in [6, 6.07) is -1.18. The molecule has 7 heteroatoms. The quantitative estimate of drug-likeness (QED) is 0.334. The lowest BCUT2D eigenvalue weighted by Crippen LogP contribution is -2.49. The van der Waals surface area contributed by atoms with E-state index in [1.165, 1.54) is 0 Å². The molecule has 0 aromatic heterocycles. The van der Waals surface area contributed by atoms with Crippen molar-refractivity contribution < 1.29 is 9.59 Å². The molecule has 0 saturated carbocycles. The van der Waals surface area contributed by atoms with Gasteiger partial charge in [0.15, 0.2) is 0 Å². The normalized spacial score (nSPS) is 10.8. The van der Waals surface area contributed by atoms with Crippen LogP contribution in [0, 0.1) is 11.8 Å². The lowest BCUT2D eigenvalue weighted by molar-refractivity contribution is -0.117. The molecule has 0 aromatic carbocycles. The fourth-order valence-corrected chi connectivity index (χ4v) is 0.843. The highest BCUT2D eigenvalue weighted by atomic mass is 35.5. The van der Waals surface area contributed by atoms with E-state index in [1.807, 2.05) is 0 Å². The van der Waals surface area contributed by atoms with E-state index in [0.29, 0.717) is 12.3 Å². The third kappa shape index (κ3) is 6.01. The predicted molar refractivity (Wildman–Crippen MR) is 61.0 cm³/mol. The molecule has 15 heavy (non-hydrogen) atoms. The van der Waals surface area contributed by atoms with Crippen molar-refractivity contribution >= 4 is 40.6 Å². The molecule has 2 amide bonds. The fraction of sp³-hybridized carbons (Fsp3) is 0.375. The second-order valence-corrected chi connectivity index (χ2v) is 3.26. The molecule has 5 N–H and O–H groups in total. The van der Waals surface area contributed by atoms with Crippen LogP contribution >= 0.6 is 23.8 Å². The Morgan fingerprint density at radius 3 is 2.60 bits per heavy atom. The van der Waals surface area contributed by atoms with Crippen LogP contribution in [0.25, 0.3) is 0 Å². The summed E-state index contributed by atoms with van der Waals surface area (Å²) >= 11 is 10.00. The average molecular weight is 248 g/mol. The third-order valence-corrected chi connectivity index (χ3v) is 1.79. The molecule has 1 atom stereocenters. The van der Waals surface area contributed by atoms with Crippen LogP contribution < -0.4 is 16.8 Å². The molecule has 0 spiro atoms. The predicted octanol–water partition coefficient (Wildman–Crippen LogP) is -1.13. The minimum Gasteiger partial charge on any atom is -0.368 e. The summed E-state index contributed by atoms with van der Waals surface area (Å²) in [6.45, 7) is 0. The molecular weight excluding hydrogens is 238 g/mol. The first-order chi connectivity index (χ1) is 6.99. The Hall–Kier alpha value is -1.16. The van der Waals surface area contributed by atoms with Crippen LogP contribution in [0.1, 0.15) is 6.42 Å². The summed E-state index contributed by atoms with van der Waals surface area (Å²) in [5, 5.41) is 2.17. The molecule has 0 fully saturated rings. The maximum absolute atomic E-state index is 11.0. The smallest absolute Gasteiger partial charge is 0.300 e. The Morgan fingerprint density at radius 2 is 2.13 bits per heavy atom. The zero-order valence-electron chi connectivity index (χ0n) is 7.75. The Kier molecular flexibility index (Phi) is 6.62. The second-order valence-electron chi connectivity index (χ2n) is 2.44. The number of amides is 2. The molecule has 0 saturated heterocycles. The van der Waals surface area contributed by atoms with Crippen molar-refractivity contribution in [3.8, 4) is 11.8 Å². The van der Waals surface area contributed by atoms with E-state index in [9.17, 15) is 9.59 Å². The van der Waals surface area contributed by atoms with Crippen LogP contribution in [0.4, 0.5) is 0 Å². The SMILES string of the molecule is NC(=O)C(N)C(=S)NC(=O)C#CCCCl. The van der Waals surface area contributed by atoms with Gasteiger partial charge in [-0.3, -0.25) is 9.59 Å². The van der Waals surface area contributed by atoms with E-state index >= 15 is 0 Å². The Balaban J connectivity index is 4.15. The molecule has 5 nitrogen and oxygen atoms in total. The number of primary amides is 1. The monoisotopic (exact) mass is 247 g/mol. The zero-order valence-corrected chi connectivity index (χ0v) is 9.32. The van der Waals surface area contributed by atoms with E-state index in [-0.39, 0.29) is 4.99 Å². The number of halogens is 1. The van der Waals surface area contributed by atoms with Gasteiger partial charge in [-0.05, 0) is 5.92 Å². The van der Waals surface area contributed by atoms with Gasteiger partial charge in [-0.25, -0.2) is 0 Å². The van der Waals surface area contributed by atoms with Gasteiger partial charge < -0.3 is 16.8 Å². The van der Waals surface area contributed by atoms with Gasteiger partial charge >= 0.3 is 5.91 Å². The number of rotatable bonds is 3. The number of hydrogen-bond donors (Lipinski definition) is 3. The second kappa shape index (κ2) is 7.17. The van der Waals surface area contributed by atoms with Crippen LogP contribution in [-0.2, 0) is 9.59 Å². The summed E-state index contributed by atoms with van der Waals surface area (Å²) < 4.78 is 0. The first-order valence-electron chi connectivity index (χ1n) is 3.93. The Labute approximate surface area is 97.5 Å². The summed E-state index contributed by atoms with van der Waals surface area (Å²) in [5.41, 5.74) is 10.1. The van der Waals surface area contributed by atoms with E-state index in [1.54, 1.807) is 0 Å². The van der Waals surface area contributed by atoms with Gasteiger partial charge in [-0.1, -0.05) is 18.1 Å². The van der Waals surface area contributed by atoms with E-state index < -0.39 is 17.9 Å². The van der Waals surface area contributed by atoms with Crippen molar-refractivity contribution in [2.45, 2.75) is 12.5 Å². The molecule has 0 radical (unpaired) electrons. The van der Waals surface area contributed by atoms with Crippen LogP contribution in [-0.4, -0.2) is 28.7 Å². The topological polar surface area (TPSA) is 98.2 Å². The minimum absolute atomic E-state index is 0.146. The van der Waals surface area contributed by atoms with Crippen molar-refractivity contribution in [2.75, 3.05) is 5.88 Å². The van der Waals surface area contributed by atoms with Gasteiger partial charge in [0.25, 0.3) is 0 Å². The summed E-state index contributed by atoms with van der Waals surface area (Å²) in [7, 11) is 0. The standard InChI is InChI=1S/C8H10ClN3O2S/c9-4-2-1-3-5(13)12-8(15)6(10)7(11)14/h6H,2,4,10H2,(H2,11,14)(H,12,13,15). The third-order valence-electron chi connectivity index (χ3n) is 1.25. The van der Waals surface area contributed by atoms with Crippen molar-refractivity contribution in [3.63, 3.8) is 0 Å². The number of alkyl halides is 1. The van der Waals surface area contributed by atoms with Gasteiger partial charge in [-0.15, -0.1) is 11.6 Å². The maximum atomic E-state index is 11.0. The minimum atomic E-state index is -1.18. The highest BCUT2D eigenvalue weighted by Crippen LogP contribution is 1.82. The summed E-state index contributed by atoms with van der Waals surface area (Å²) in [4.78, 5) is 21.5. The molecule has 82 valence electrons. The van der Waals surface area contributed by atoms with Crippen LogP contribution in [0.3, 0.4) is 0 Å². The number of hydrogen-bond acceptors (Lipinski definition) is 4. The Bertz CT molecular complexity index is 335. The van der Waals surface area contributed by atoms with Crippen molar-refractivity contribution in [3.05, 3.63) is 0 Å². The summed E-state index contributed by atoms with van der Waals surface area (Å²) in [6.07, 6.45) is 0.392. The van der Waals surface area contributed by atoms with E-state index in [2.05, 4.69) is 29.4 Å². The summed E-state index contributed by atoms with van der Waals surface area (Å²) in [5.74, 6) is 3.62. The van der Waals surface area contributed by atoms with E-state index in [4.69, 9.17) is 23.1 Å². The first kappa shape index (κ1) is 13.8. The number of carbonyl (C=O) groups excluding carboxylic acids is 2. The fourth-order valence-electron chi connectivity index (χ4n) is 0.540. The van der Waals surface area contributed by atoms with Crippen molar-refractivity contribution in [1.29, 1.82) is 0 Å². The van der Waals surface area contributed by atoms with E-state index in [0.717, 1.165) is 0 Å².